The first kappa shape index (κ1) is 16.5. The SMILES string of the molecule is Cc1ncccc1C(=O)N1CC[C@H]2CCN(c3cc(C#N)ccn3)[C@H]2C1. The predicted molar refractivity (Wildman–Crippen MR) is 97.7 cm³/mol. The number of carbonyl (C=O) groups excluding carboxylic acids is 1. The zero-order valence-corrected chi connectivity index (χ0v) is 14.8. The van der Waals surface area contributed by atoms with Gasteiger partial charge in [0, 0.05) is 37.7 Å². The fourth-order valence-corrected chi connectivity index (χ4v) is 4.14. The van der Waals surface area contributed by atoms with E-state index >= 15 is 0 Å². The van der Waals surface area contributed by atoms with E-state index in [1.165, 1.54) is 0 Å². The lowest BCUT2D eigenvalue weighted by atomic mass is 9.91. The second kappa shape index (κ2) is 6.75. The van der Waals surface area contributed by atoms with Gasteiger partial charge in [-0.1, -0.05) is 0 Å². The highest BCUT2D eigenvalue weighted by atomic mass is 16.2. The van der Waals surface area contributed by atoms with E-state index in [0.29, 0.717) is 23.6 Å². The molecule has 0 bridgehead atoms. The molecule has 2 saturated heterocycles. The third-order valence-corrected chi connectivity index (χ3v) is 5.56. The molecule has 2 aromatic heterocycles. The lowest BCUT2D eigenvalue weighted by molar-refractivity contribution is 0.0677. The number of pyridine rings is 2. The van der Waals surface area contributed by atoms with Crippen LogP contribution in [0.3, 0.4) is 0 Å². The molecular formula is C20H21N5O. The molecule has 0 aromatic carbocycles. The fourth-order valence-electron chi connectivity index (χ4n) is 4.14. The largest absolute Gasteiger partial charge is 0.352 e. The second-order valence-corrected chi connectivity index (χ2v) is 7.00. The Balaban J connectivity index is 1.56. The molecule has 6 heteroatoms. The lowest BCUT2D eigenvalue weighted by Crippen LogP contribution is -2.50. The molecule has 6 nitrogen and oxygen atoms in total. The van der Waals surface area contributed by atoms with Gasteiger partial charge in [-0.2, -0.15) is 5.26 Å². The smallest absolute Gasteiger partial charge is 0.255 e. The highest BCUT2D eigenvalue weighted by Crippen LogP contribution is 2.35. The van der Waals surface area contributed by atoms with Crippen molar-refractivity contribution in [2.75, 3.05) is 24.5 Å². The number of anilines is 1. The van der Waals surface area contributed by atoms with Gasteiger partial charge in [0.05, 0.1) is 23.2 Å². The van der Waals surface area contributed by atoms with Crippen LogP contribution in [0.25, 0.3) is 0 Å². The average Bonchev–Trinajstić information content (AvgIpc) is 3.11. The Bertz CT molecular complexity index is 875. The van der Waals surface area contributed by atoms with E-state index in [1.54, 1.807) is 18.5 Å². The van der Waals surface area contributed by atoms with Crippen molar-refractivity contribution in [1.29, 1.82) is 5.26 Å². The number of nitriles is 1. The number of fused-ring (bicyclic) bond motifs is 1. The Hall–Kier alpha value is -2.94. The molecule has 0 aliphatic carbocycles. The Labute approximate surface area is 153 Å². The van der Waals surface area contributed by atoms with E-state index in [1.807, 2.05) is 30.0 Å². The van der Waals surface area contributed by atoms with Crippen LogP contribution in [0.4, 0.5) is 5.82 Å². The molecule has 0 unspecified atom stereocenters. The highest BCUT2D eigenvalue weighted by Gasteiger charge is 2.40. The van der Waals surface area contributed by atoms with Crippen LogP contribution in [0.2, 0.25) is 0 Å². The summed E-state index contributed by atoms with van der Waals surface area (Å²) < 4.78 is 0. The number of aromatic nitrogens is 2. The number of rotatable bonds is 2. The number of likely N-dealkylation sites (tertiary alicyclic amines) is 1. The molecule has 0 saturated carbocycles. The van der Waals surface area contributed by atoms with Crippen LogP contribution >= 0.6 is 0 Å². The molecule has 0 spiro atoms. The second-order valence-electron chi connectivity index (χ2n) is 7.00. The Morgan fingerprint density at radius 3 is 2.88 bits per heavy atom. The molecule has 2 aromatic rings. The molecule has 1 amide bonds. The monoisotopic (exact) mass is 347 g/mol. The van der Waals surface area contributed by atoms with E-state index in [2.05, 4.69) is 20.9 Å². The van der Waals surface area contributed by atoms with Gasteiger partial charge >= 0.3 is 0 Å². The van der Waals surface area contributed by atoms with Gasteiger partial charge in [0.15, 0.2) is 0 Å². The van der Waals surface area contributed by atoms with Crippen LogP contribution in [-0.2, 0) is 0 Å². The summed E-state index contributed by atoms with van der Waals surface area (Å²) in [6.45, 7) is 4.27. The highest BCUT2D eigenvalue weighted by molar-refractivity contribution is 5.95. The maximum atomic E-state index is 13.0. The van der Waals surface area contributed by atoms with Crippen LogP contribution in [0.5, 0.6) is 0 Å². The number of hydrogen-bond acceptors (Lipinski definition) is 5. The van der Waals surface area contributed by atoms with Gasteiger partial charge in [0.25, 0.3) is 5.91 Å². The molecule has 4 rings (SSSR count). The van der Waals surface area contributed by atoms with E-state index in [0.717, 1.165) is 37.4 Å². The van der Waals surface area contributed by atoms with Gasteiger partial charge in [0.2, 0.25) is 0 Å². The molecule has 4 heterocycles. The first-order valence-corrected chi connectivity index (χ1v) is 9.01. The van der Waals surface area contributed by atoms with E-state index < -0.39 is 0 Å². The van der Waals surface area contributed by atoms with E-state index in [4.69, 9.17) is 5.26 Å². The summed E-state index contributed by atoms with van der Waals surface area (Å²) in [7, 11) is 0. The van der Waals surface area contributed by atoms with Crippen molar-refractivity contribution in [3.63, 3.8) is 0 Å². The van der Waals surface area contributed by atoms with Gasteiger partial charge in [-0.15, -0.1) is 0 Å². The number of hydrogen-bond donors (Lipinski definition) is 0. The number of piperidine rings is 1. The summed E-state index contributed by atoms with van der Waals surface area (Å²) >= 11 is 0. The maximum Gasteiger partial charge on any atom is 0.255 e. The Morgan fingerprint density at radius 2 is 2.08 bits per heavy atom. The summed E-state index contributed by atoms with van der Waals surface area (Å²) in [5.74, 6) is 1.46. The first-order chi connectivity index (χ1) is 12.7. The first-order valence-electron chi connectivity index (χ1n) is 9.01. The van der Waals surface area contributed by atoms with Crippen LogP contribution < -0.4 is 4.90 Å². The van der Waals surface area contributed by atoms with Crippen LogP contribution in [-0.4, -0.2) is 46.5 Å². The minimum atomic E-state index is 0.0552. The molecule has 2 fully saturated rings. The van der Waals surface area contributed by atoms with Crippen molar-refractivity contribution in [3.05, 3.63) is 53.5 Å². The van der Waals surface area contributed by atoms with Crippen molar-refractivity contribution >= 4 is 11.7 Å². The normalized spacial score (nSPS) is 22.0. The summed E-state index contributed by atoms with van der Waals surface area (Å²) in [5, 5.41) is 9.15. The number of amides is 1. The lowest BCUT2D eigenvalue weighted by Gasteiger charge is -2.39. The number of nitrogens with zero attached hydrogens (tertiary/aromatic N) is 5. The van der Waals surface area contributed by atoms with Crippen molar-refractivity contribution < 1.29 is 4.79 Å². The molecule has 26 heavy (non-hydrogen) atoms. The van der Waals surface area contributed by atoms with E-state index in [-0.39, 0.29) is 11.9 Å². The van der Waals surface area contributed by atoms with Crippen molar-refractivity contribution in [1.82, 2.24) is 14.9 Å². The zero-order chi connectivity index (χ0) is 18.1. The van der Waals surface area contributed by atoms with Gasteiger partial charge in [-0.05, 0) is 49.9 Å². The topological polar surface area (TPSA) is 73.1 Å². The minimum Gasteiger partial charge on any atom is -0.352 e. The molecular weight excluding hydrogens is 326 g/mol. The molecule has 2 atom stereocenters. The van der Waals surface area contributed by atoms with Gasteiger partial charge < -0.3 is 9.80 Å². The minimum absolute atomic E-state index is 0.0552. The maximum absolute atomic E-state index is 13.0. The Morgan fingerprint density at radius 1 is 1.23 bits per heavy atom. The molecule has 132 valence electrons. The van der Waals surface area contributed by atoms with Crippen molar-refractivity contribution in [2.45, 2.75) is 25.8 Å². The van der Waals surface area contributed by atoms with Crippen LogP contribution in [0.1, 0.15) is 34.5 Å². The molecule has 2 aliphatic rings. The van der Waals surface area contributed by atoms with Gasteiger partial charge in [0.1, 0.15) is 5.82 Å². The number of aryl methyl sites for hydroxylation is 1. The number of carbonyl (C=O) groups is 1. The van der Waals surface area contributed by atoms with E-state index in [9.17, 15) is 4.79 Å². The summed E-state index contributed by atoms with van der Waals surface area (Å²) in [4.78, 5) is 25.9. The Kier molecular flexibility index (Phi) is 4.29. The molecule has 0 radical (unpaired) electrons. The molecule has 0 N–H and O–H groups in total. The van der Waals surface area contributed by atoms with Crippen LogP contribution in [0, 0.1) is 24.2 Å². The predicted octanol–water partition coefficient (Wildman–Crippen LogP) is 2.40. The quantitative estimate of drug-likeness (QED) is 0.834. The van der Waals surface area contributed by atoms with Gasteiger partial charge in [-0.3, -0.25) is 9.78 Å². The molecule has 2 aliphatic heterocycles. The van der Waals surface area contributed by atoms with Crippen LogP contribution in [0.15, 0.2) is 36.7 Å². The van der Waals surface area contributed by atoms with Gasteiger partial charge in [-0.25, -0.2) is 4.98 Å². The zero-order valence-electron chi connectivity index (χ0n) is 14.8. The standard InChI is InChI=1S/C20H21N5O/c1-14-17(3-2-7-22-14)20(26)24-9-5-16-6-10-25(18(16)13-24)19-11-15(12-21)4-8-23-19/h2-4,7-8,11,16,18H,5-6,9-10,13H2,1H3/t16-,18-/m0/s1. The van der Waals surface area contributed by atoms with Crippen molar-refractivity contribution in [3.8, 4) is 6.07 Å². The average molecular weight is 347 g/mol. The summed E-state index contributed by atoms with van der Waals surface area (Å²) in [6.07, 6.45) is 5.51. The fraction of sp³-hybridized carbons (Fsp3) is 0.400. The summed E-state index contributed by atoms with van der Waals surface area (Å²) in [6, 6.07) is 9.66. The third-order valence-electron chi connectivity index (χ3n) is 5.56. The summed E-state index contributed by atoms with van der Waals surface area (Å²) in [5.41, 5.74) is 2.07. The van der Waals surface area contributed by atoms with Crippen molar-refractivity contribution in [2.24, 2.45) is 5.92 Å². The third kappa shape index (κ3) is 2.90.